The molecule has 3 aliphatic rings. The third-order valence-electron chi connectivity index (χ3n) is 8.80. The lowest BCUT2D eigenvalue weighted by Gasteiger charge is -2.53. The number of aromatic nitrogens is 4. The van der Waals surface area contributed by atoms with Crippen LogP contribution in [0.5, 0.6) is 0 Å². The van der Waals surface area contributed by atoms with Gasteiger partial charge in [0.05, 0.1) is 5.56 Å². The van der Waals surface area contributed by atoms with Gasteiger partial charge in [-0.2, -0.15) is 13.2 Å². The van der Waals surface area contributed by atoms with E-state index in [1.165, 1.54) is 12.1 Å². The Morgan fingerprint density at radius 1 is 1.02 bits per heavy atom. The second-order valence-corrected chi connectivity index (χ2v) is 11.0. The third-order valence-corrected chi connectivity index (χ3v) is 8.80. The van der Waals surface area contributed by atoms with Gasteiger partial charge in [-0.25, -0.2) is 19.3 Å². The van der Waals surface area contributed by atoms with Crippen molar-refractivity contribution in [2.75, 3.05) is 11.1 Å². The fourth-order valence-electron chi connectivity index (χ4n) is 6.34. The summed E-state index contributed by atoms with van der Waals surface area (Å²) in [5, 5.41) is 2.29. The van der Waals surface area contributed by atoms with E-state index >= 15 is 4.39 Å². The number of fused-ring (bicyclic) bond motifs is 4. The number of halogens is 4. The van der Waals surface area contributed by atoms with Crippen LogP contribution in [0.25, 0.3) is 16.8 Å². The molecule has 3 aliphatic carbocycles. The van der Waals surface area contributed by atoms with Crippen LogP contribution in [0.2, 0.25) is 0 Å². The number of hydrogen-bond acceptors (Lipinski definition) is 6. The van der Waals surface area contributed by atoms with Crippen molar-refractivity contribution < 1.29 is 22.4 Å². The Morgan fingerprint density at radius 3 is 2.37 bits per heavy atom. The maximum Gasteiger partial charge on any atom is 0.416 e. The number of nitrogens with zero attached hydrogens (tertiary/aromatic N) is 4. The van der Waals surface area contributed by atoms with Crippen molar-refractivity contribution >= 4 is 23.1 Å². The summed E-state index contributed by atoms with van der Waals surface area (Å²) < 4.78 is 56.6. The number of nitrogen functional groups attached to an aromatic ring is 1. The highest BCUT2D eigenvalue weighted by Crippen LogP contribution is 2.59. The van der Waals surface area contributed by atoms with Crippen LogP contribution in [0.15, 0.2) is 61.2 Å². The van der Waals surface area contributed by atoms with Crippen molar-refractivity contribution in [1.82, 2.24) is 19.4 Å². The van der Waals surface area contributed by atoms with Gasteiger partial charge in [-0.3, -0.25) is 9.20 Å². The first kappa shape index (κ1) is 26.7. The lowest BCUT2D eigenvalue weighted by Crippen LogP contribution is -2.47. The van der Waals surface area contributed by atoms with Gasteiger partial charge in [0.2, 0.25) is 0 Å². The molecule has 2 bridgehead atoms. The Bertz CT molecular complexity index is 1690. The molecule has 0 radical (unpaired) electrons. The molecule has 12 heteroatoms. The number of carbonyl (C=O) groups is 1. The fraction of sp³-hybridized carbons (Fsp3) is 0.310. The van der Waals surface area contributed by atoms with Gasteiger partial charge in [-0.05, 0) is 68.9 Å². The molecule has 1 amide bonds. The van der Waals surface area contributed by atoms with E-state index in [0.29, 0.717) is 17.3 Å². The second kappa shape index (κ2) is 9.28. The summed E-state index contributed by atoms with van der Waals surface area (Å²) >= 11 is 0. The standard InChI is InChI=1S/C29H27F4N7O/c1-16(34)27-5-8-28(9-6-27,10-7-27)26-39-22(23-24(35)37-12-13-40(23)26)19-3-2-17(14-20(19)30)25(41)38-21-15-18(4-11-36-21)29(31,32)33/h2-4,11-15H,1,5-10,34H2,(H2,35,37)(H,36,38,41). The number of carbonyl (C=O) groups excluding carboxylic acids is 1. The van der Waals surface area contributed by atoms with E-state index < -0.39 is 23.5 Å². The molecule has 41 heavy (non-hydrogen) atoms. The molecule has 0 saturated heterocycles. The van der Waals surface area contributed by atoms with Crippen LogP contribution in [-0.2, 0) is 11.6 Å². The number of nitrogens with one attached hydrogen (secondary N) is 1. The van der Waals surface area contributed by atoms with Gasteiger partial charge in [0.15, 0.2) is 0 Å². The van der Waals surface area contributed by atoms with Crippen molar-refractivity contribution in [2.24, 2.45) is 11.1 Å². The minimum atomic E-state index is -4.60. The van der Waals surface area contributed by atoms with Crippen molar-refractivity contribution in [3.8, 4) is 11.3 Å². The summed E-state index contributed by atoms with van der Waals surface area (Å²) in [6.45, 7) is 4.03. The molecular formula is C29H27F4N7O. The first-order chi connectivity index (χ1) is 19.4. The summed E-state index contributed by atoms with van der Waals surface area (Å²) in [4.78, 5) is 25.7. The van der Waals surface area contributed by atoms with Gasteiger partial charge >= 0.3 is 6.18 Å². The average Bonchev–Trinajstić information content (AvgIpc) is 3.35. The molecule has 3 aromatic heterocycles. The maximum absolute atomic E-state index is 15.6. The maximum atomic E-state index is 15.6. The molecule has 212 valence electrons. The van der Waals surface area contributed by atoms with Crippen molar-refractivity contribution in [3.05, 3.63) is 84.0 Å². The van der Waals surface area contributed by atoms with Gasteiger partial charge < -0.3 is 16.8 Å². The SMILES string of the molecule is C=C(N)C12CCC(c3nc(-c4ccc(C(=O)Nc5cc(C(F)(F)F)ccn5)cc4F)c4c(N)nccn34)(CC1)CC2. The number of nitrogens with two attached hydrogens (primary N) is 2. The summed E-state index contributed by atoms with van der Waals surface area (Å²) in [6, 6.07) is 5.29. The highest BCUT2D eigenvalue weighted by Gasteiger charge is 2.52. The molecule has 7 rings (SSSR count). The minimum Gasteiger partial charge on any atom is -0.402 e. The number of allylic oxidation sites excluding steroid dienone is 1. The number of rotatable bonds is 5. The molecule has 0 aliphatic heterocycles. The molecule has 3 fully saturated rings. The van der Waals surface area contributed by atoms with Crippen LogP contribution in [0, 0.1) is 11.2 Å². The van der Waals surface area contributed by atoms with E-state index in [0.717, 1.165) is 68.4 Å². The quantitative estimate of drug-likeness (QED) is 0.261. The van der Waals surface area contributed by atoms with Crippen molar-refractivity contribution in [2.45, 2.75) is 50.1 Å². The van der Waals surface area contributed by atoms with Crippen LogP contribution in [0.1, 0.15) is 60.3 Å². The molecule has 0 unspecified atom stereocenters. The lowest BCUT2D eigenvalue weighted by molar-refractivity contribution is -0.137. The monoisotopic (exact) mass is 565 g/mol. The zero-order valence-corrected chi connectivity index (χ0v) is 21.9. The van der Waals surface area contributed by atoms with E-state index in [4.69, 9.17) is 16.5 Å². The molecular weight excluding hydrogens is 538 g/mol. The average molecular weight is 566 g/mol. The highest BCUT2D eigenvalue weighted by atomic mass is 19.4. The van der Waals surface area contributed by atoms with E-state index in [1.807, 2.05) is 4.40 Å². The first-order valence-corrected chi connectivity index (χ1v) is 13.1. The topological polar surface area (TPSA) is 124 Å². The van der Waals surface area contributed by atoms with E-state index in [1.54, 1.807) is 12.4 Å². The van der Waals surface area contributed by atoms with Crippen LogP contribution in [0.4, 0.5) is 29.2 Å². The Morgan fingerprint density at radius 2 is 1.73 bits per heavy atom. The zero-order chi connectivity index (χ0) is 29.2. The van der Waals surface area contributed by atoms with Gasteiger partial charge in [0, 0.05) is 46.2 Å². The minimum absolute atomic E-state index is 0.0513. The molecule has 0 spiro atoms. The number of pyridine rings is 1. The highest BCUT2D eigenvalue weighted by molar-refractivity contribution is 6.04. The first-order valence-electron chi connectivity index (χ1n) is 13.1. The number of benzene rings is 1. The van der Waals surface area contributed by atoms with Crippen LogP contribution < -0.4 is 16.8 Å². The zero-order valence-electron chi connectivity index (χ0n) is 21.9. The van der Waals surface area contributed by atoms with E-state index in [9.17, 15) is 18.0 Å². The summed E-state index contributed by atoms with van der Waals surface area (Å²) in [5.41, 5.74) is 12.7. The second-order valence-electron chi connectivity index (χ2n) is 11.0. The Labute approximate surface area is 232 Å². The van der Waals surface area contributed by atoms with Gasteiger partial charge in [0.25, 0.3) is 5.91 Å². The third kappa shape index (κ3) is 4.37. The van der Waals surface area contributed by atoms with Gasteiger partial charge in [0.1, 0.15) is 34.5 Å². The predicted molar refractivity (Wildman–Crippen MR) is 145 cm³/mol. The largest absolute Gasteiger partial charge is 0.416 e. The smallest absolute Gasteiger partial charge is 0.402 e. The van der Waals surface area contributed by atoms with E-state index in [2.05, 4.69) is 21.9 Å². The molecule has 0 atom stereocenters. The summed E-state index contributed by atoms with van der Waals surface area (Å²) in [6.07, 6.45) is 4.94. The van der Waals surface area contributed by atoms with Crippen LogP contribution in [-0.4, -0.2) is 25.3 Å². The lowest BCUT2D eigenvalue weighted by atomic mass is 9.52. The number of alkyl halides is 3. The Kier molecular flexibility index (Phi) is 6.05. The Balaban J connectivity index is 1.34. The van der Waals surface area contributed by atoms with Crippen LogP contribution >= 0.6 is 0 Å². The van der Waals surface area contributed by atoms with Crippen LogP contribution in [0.3, 0.4) is 0 Å². The van der Waals surface area contributed by atoms with Crippen molar-refractivity contribution in [3.63, 3.8) is 0 Å². The number of amides is 1. The molecule has 1 aromatic carbocycles. The van der Waals surface area contributed by atoms with Gasteiger partial charge in [-0.15, -0.1) is 0 Å². The van der Waals surface area contributed by atoms with Crippen molar-refractivity contribution in [1.29, 1.82) is 0 Å². The molecule has 3 heterocycles. The summed E-state index contributed by atoms with van der Waals surface area (Å²) in [7, 11) is 0. The Hall–Kier alpha value is -4.48. The molecule has 4 aromatic rings. The molecule has 8 nitrogen and oxygen atoms in total. The predicted octanol–water partition coefficient (Wildman–Crippen LogP) is 5.85. The molecule has 5 N–H and O–H groups in total. The molecule has 3 saturated carbocycles. The fourth-order valence-corrected chi connectivity index (χ4v) is 6.34. The number of anilines is 2. The van der Waals surface area contributed by atoms with Gasteiger partial charge in [-0.1, -0.05) is 6.58 Å². The van der Waals surface area contributed by atoms with E-state index in [-0.39, 0.29) is 33.6 Å². The number of hydrogen-bond donors (Lipinski definition) is 3. The summed E-state index contributed by atoms with van der Waals surface area (Å²) in [5.74, 6) is -0.894. The normalized spacial score (nSPS) is 22.1. The number of imidazole rings is 1.